The van der Waals surface area contributed by atoms with E-state index in [0.29, 0.717) is 11.4 Å². The van der Waals surface area contributed by atoms with Gasteiger partial charge in [0.05, 0.1) is 19.7 Å². The first kappa shape index (κ1) is 21.7. The van der Waals surface area contributed by atoms with Crippen LogP contribution in [0.2, 0.25) is 0 Å². The van der Waals surface area contributed by atoms with Crippen LogP contribution >= 0.6 is 0 Å². The predicted molar refractivity (Wildman–Crippen MR) is 107 cm³/mol. The molecule has 1 aromatic rings. The number of urea groups is 1. The third-order valence-electron chi connectivity index (χ3n) is 4.96. The zero-order chi connectivity index (χ0) is 20.5. The van der Waals surface area contributed by atoms with Crippen molar-refractivity contribution >= 4 is 23.5 Å². The van der Waals surface area contributed by atoms with E-state index in [1.807, 2.05) is 0 Å². The second-order valence-corrected chi connectivity index (χ2v) is 7.17. The van der Waals surface area contributed by atoms with Crippen LogP contribution in [0.15, 0.2) is 24.3 Å². The van der Waals surface area contributed by atoms with Gasteiger partial charge < -0.3 is 15.4 Å². The largest absolute Gasteiger partial charge is 0.497 e. The topological polar surface area (TPSA) is 99.8 Å². The Hall–Kier alpha value is -2.61. The maximum absolute atomic E-state index is 12.3. The number of nitrogens with one attached hydrogen (secondary N) is 3. The first-order chi connectivity index (χ1) is 13.4. The number of nitrogens with zero attached hydrogens (tertiary/aromatic N) is 1. The molecule has 0 radical (unpaired) electrons. The average Bonchev–Trinajstić information content (AvgIpc) is 2.67. The Bertz CT molecular complexity index is 689. The third kappa shape index (κ3) is 6.84. The van der Waals surface area contributed by atoms with Crippen molar-refractivity contribution in [3.63, 3.8) is 0 Å². The summed E-state index contributed by atoms with van der Waals surface area (Å²) in [6.45, 7) is 1.66. The van der Waals surface area contributed by atoms with Crippen LogP contribution in [0.25, 0.3) is 0 Å². The molecule has 0 heterocycles. The molecule has 0 unspecified atom stereocenters. The number of carbonyl (C=O) groups is 3. The first-order valence-electron chi connectivity index (χ1n) is 9.64. The summed E-state index contributed by atoms with van der Waals surface area (Å²) in [4.78, 5) is 38.1. The number of imide groups is 1. The van der Waals surface area contributed by atoms with Gasteiger partial charge in [0.2, 0.25) is 11.8 Å². The number of hydrogen-bond acceptors (Lipinski definition) is 5. The number of likely N-dealkylation sites (N-methyl/N-ethyl adjacent to an activating group) is 1. The minimum absolute atomic E-state index is 0.00996. The zero-order valence-corrected chi connectivity index (χ0v) is 16.8. The molecule has 1 aliphatic carbocycles. The van der Waals surface area contributed by atoms with Crippen molar-refractivity contribution in [2.75, 3.05) is 26.0 Å². The van der Waals surface area contributed by atoms with E-state index in [1.54, 1.807) is 50.2 Å². The van der Waals surface area contributed by atoms with Crippen LogP contribution in [-0.2, 0) is 9.59 Å². The Morgan fingerprint density at radius 2 is 1.93 bits per heavy atom. The fourth-order valence-corrected chi connectivity index (χ4v) is 3.15. The van der Waals surface area contributed by atoms with Crippen LogP contribution in [-0.4, -0.2) is 55.5 Å². The van der Waals surface area contributed by atoms with Gasteiger partial charge in [0.25, 0.3) is 0 Å². The van der Waals surface area contributed by atoms with E-state index in [4.69, 9.17) is 4.74 Å². The van der Waals surface area contributed by atoms with Crippen molar-refractivity contribution in [3.8, 4) is 5.75 Å². The summed E-state index contributed by atoms with van der Waals surface area (Å²) in [6.07, 6.45) is 5.28. The van der Waals surface area contributed by atoms with Crippen molar-refractivity contribution in [2.45, 2.75) is 51.1 Å². The maximum atomic E-state index is 12.3. The number of hydrogen-bond donors (Lipinski definition) is 3. The van der Waals surface area contributed by atoms with Crippen molar-refractivity contribution < 1.29 is 19.1 Å². The van der Waals surface area contributed by atoms with Gasteiger partial charge in [-0.25, -0.2) is 4.79 Å². The fraction of sp³-hybridized carbons (Fsp3) is 0.550. The molecule has 1 fully saturated rings. The molecule has 3 N–H and O–H groups in total. The van der Waals surface area contributed by atoms with E-state index in [0.717, 1.165) is 25.7 Å². The minimum Gasteiger partial charge on any atom is -0.497 e. The Morgan fingerprint density at radius 3 is 2.61 bits per heavy atom. The van der Waals surface area contributed by atoms with E-state index in [9.17, 15) is 14.4 Å². The number of benzene rings is 1. The van der Waals surface area contributed by atoms with Gasteiger partial charge in [0.1, 0.15) is 5.75 Å². The molecule has 0 saturated heterocycles. The molecule has 1 aromatic carbocycles. The summed E-state index contributed by atoms with van der Waals surface area (Å²) in [5.74, 6) is -0.0603. The summed E-state index contributed by atoms with van der Waals surface area (Å²) in [5, 5.41) is 7.98. The molecule has 0 bridgehead atoms. The average molecular weight is 390 g/mol. The molecule has 1 atom stereocenters. The van der Waals surface area contributed by atoms with Gasteiger partial charge in [-0.05, 0) is 38.9 Å². The molecule has 28 heavy (non-hydrogen) atoms. The highest BCUT2D eigenvalue weighted by Crippen LogP contribution is 2.17. The Balaban J connectivity index is 1.78. The van der Waals surface area contributed by atoms with Gasteiger partial charge >= 0.3 is 6.03 Å². The standard InChI is InChI=1S/C20H30N4O4/c1-14(19(26)23-20(27)22-15-8-5-4-6-9-15)24(2)13-18(25)21-16-10-7-11-17(12-16)28-3/h7,10-12,14-15H,4-6,8-9,13H2,1-3H3,(H,21,25)(H2,22,23,26,27)/t14-/m1/s1. The molecular weight excluding hydrogens is 360 g/mol. The quantitative estimate of drug-likeness (QED) is 0.662. The lowest BCUT2D eigenvalue weighted by Gasteiger charge is -2.25. The van der Waals surface area contributed by atoms with Crippen LogP contribution < -0.4 is 20.7 Å². The Kier molecular flexibility index (Phi) is 8.25. The van der Waals surface area contributed by atoms with Gasteiger partial charge in [-0.3, -0.25) is 19.8 Å². The number of ether oxygens (including phenoxy) is 1. The van der Waals surface area contributed by atoms with Gasteiger partial charge in [0, 0.05) is 17.8 Å². The molecular formula is C20H30N4O4. The second kappa shape index (κ2) is 10.7. The number of anilines is 1. The normalized spacial score (nSPS) is 15.6. The molecule has 8 heteroatoms. The summed E-state index contributed by atoms with van der Waals surface area (Å²) in [5.41, 5.74) is 0.613. The van der Waals surface area contributed by atoms with E-state index in [-0.39, 0.29) is 18.5 Å². The van der Waals surface area contributed by atoms with E-state index in [1.165, 1.54) is 6.42 Å². The summed E-state index contributed by atoms with van der Waals surface area (Å²) < 4.78 is 5.13. The summed E-state index contributed by atoms with van der Waals surface area (Å²) >= 11 is 0. The van der Waals surface area contributed by atoms with Gasteiger partial charge in [-0.1, -0.05) is 25.3 Å². The van der Waals surface area contributed by atoms with Crippen molar-refractivity contribution in [3.05, 3.63) is 24.3 Å². The van der Waals surface area contributed by atoms with Crippen molar-refractivity contribution in [1.82, 2.24) is 15.5 Å². The SMILES string of the molecule is COc1cccc(NC(=O)CN(C)[C@H](C)C(=O)NC(=O)NC2CCCCC2)c1. The molecule has 154 valence electrons. The van der Waals surface area contributed by atoms with E-state index >= 15 is 0 Å². The number of rotatable bonds is 7. The molecule has 1 aliphatic rings. The molecule has 4 amide bonds. The van der Waals surface area contributed by atoms with E-state index < -0.39 is 18.0 Å². The fourth-order valence-electron chi connectivity index (χ4n) is 3.15. The monoisotopic (exact) mass is 390 g/mol. The molecule has 0 aromatic heterocycles. The molecule has 0 spiro atoms. The highest BCUT2D eigenvalue weighted by Gasteiger charge is 2.23. The van der Waals surface area contributed by atoms with Gasteiger partial charge in [0.15, 0.2) is 0 Å². The number of amides is 4. The third-order valence-corrected chi connectivity index (χ3v) is 4.96. The molecule has 0 aliphatic heterocycles. The Labute approximate surface area is 166 Å². The highest BCUT2D eigenvalue weighted by molar-refractivity contribution is 5.97. The van der Waals surface area contributed by atoms with Crippen LogP contribution in [0.3, 0.4) is 0 Å². The minimum atomic E-state index is -0.631. The van der Waals surface area contributed by atoms with E-state index in [2.05, 4.69) is 16.0 Å². The van der Waals surface area contributed by atoms with Crippen LogP contribution in [0, 0.1) is 0 Å². The lowest BCUT2D eigenvalue weighted by molar-refractivity contribution is -0.125. The lowest BCUT2D eigenvalue weighted by atomic mass is 9.96. The molecule has 2 rings (SSSR count). The van der Waals surface area contributed by atoms with Gasteiger partial charge in [-0.2, -0.15) is 0 Å². The number of methoxy groups -OCH3 is 1. The number of carbonyl (C=O) groups excluding carboxylic acids is 3. The highest BCUT2D eigenvalue weighted by atomic mass is 16.5. The van der Waals surface area contributed by atoms with Crippen LogP contribution in [0.5, 0.6) is 5.75 Å². The second-order valence-electron chi connectivity index (χ2n) is 7.17. The smallest absolute Gasteiger partial charge is 0.321 e. The first-order valence-corrected chi connectivity index (χ1v) is 9.64. The van der Waals surface area contributed by atoms with Crippen LogP contribution in [0.1, 0.15) is 39.0 Å². The van der Waals surface area contributed by atoms with Crippen molar-refractivity contribution in [2.24, 2.45) is 0 Å². The summed E-state index contributed by atoms with van der Waals surface area (Å²) in [6, 6.07) is 6.05. The summed E-state index contributed by atoms with van der Waals surface area (Å²) in [7, 11) is 3.22. The zero-order valence-electron chi connectivity index (χ0n) is 16.8. The maximum Gasteiger partial charge on any atom is 0.321 e. The molecule has 1 saturated carbocycles. The Morgan fingerprint density at radius 1 is 1.21 bits per heavy atom. The van der Waals surface area contributed by atoms with Crippen LogP contribution in [0.4, 0.5) is 10.5 Å². The predicted octanol–water partition coefficient (Wildman–Crippen LogP) is 2.11. The van der Waals surface area contributed by atoms with Gasteiger partial charge in [-0.15, -0.1) is 0 Å². The lowest BCUT2D eigenvalue weighted by Crippen LogP contribution is -2.51. The molecule has 8 nitrogen and oxygen atoms in total. The van der Waals surface area contributed by atoms with Crippen molar-refractivity contribution in [1.29, 1.82) is 0 Å².